The molecule has 0 unspecified atom stereocenters. The summed E-state index contributed by atoms with van der Waals surface area (Å²) in [6.07, 6.45) is 0.908. The van der Waals surface area contributed by atoms with E-state index in [1.807, 2.05) is 55.5 Å². The summed E-state index contributed by atoms with van der Waals surface area (Å²) in [5.74, 6) is 2.69. The zero-order chi connectivity index (χ0) is 17.6. The van der Waals surface area contributed by atoms with E-state index < -0.39 is 0 Å². The Morgan fingerprint density at radius 2 is 1.88 bits per heavy atom. The minimum atomic E-state index is 0.689. The molecule has 0 aliphatic carbocycles. The van der Waals surface area contributed by atoms with Crippen molar-refractivity contribution < 1.29 is 9.15 Å². The maximum Gasteiger partial charge on any atom is 0.134 e. The Bertz CT molecular complexity index is 841. The summed E-state index contributed by atoms with van der Waals surface area (Å²) in [5, 5.41) is 4.17. The highest BCUT2D eigenvalue weighted by Crippen LogP contribution is 2.29. The molecule has 3 nitrogen and oxygen atoms in total. The van der Waals surface area contributed by atoms with Gasteiger partial charge in [0.15, 0.2) is 0 Å². The minimum Gasteiger partial charge on any atom is -0.496 e. The lowest BCUT2D eigenvalue weighted by atomic mass is 10.1. The molecule has 1 aromatic heterocycles. The van der Waals surface area contributed by atoms with Gasteiger partial charge < -0.3 is 14.5 Å². The highest BCUT2D eigenvalue weighted by atomic mass is 35.5. The molecule has 3 aromatic rings. The number of methoxy groups -OCH3 is 1. The number of para-hydroxylation sites is 1. The minimum absolute atomic E-state index is 0.689. The third-order valence-corrected chi connectivity index (χ3v) is 4.67. The Kier molecular flexibility index (Phi) is 5.79. The van der Waals surface area contributed by atoms with E-state index in [9.17, 15) is 0 Å². The molecule has 1 N–H and O–H groups in total. The number of hydrogen-bond acceptors (Lipinski definition) is 3. The van der Waals surface area contributed by atoms with Crippen LogP contribution in [0.1, 0.15) is 16.9 Å². The van der Waals surface area contributed by atoms with Gasteiger partial charge in [0.25, 0.3) is 0 Å². The van der Waals surface area contributed by atoms with Crippen molar-refractivity contribution >= 4 is 11.6 Å². The van der Waals surface area contributed by atoms with Crippen molar-refractivity contribution in [2.24, 2.45) is 0 Å². The molecule has 0 aliphatic rings. The van der Waals surface area contributed by atoms with E-state index in [1.165, 1.54) is 5.56 Å². The predicted octanol–water partition coefficient (Wildman–Crippen LogP) is 5.25. The molecule has 4 heteroatoms. The molecule has 0 atom stereocenters. The van der Waals surface area contributed by atoms with Crippen molar-refractivity contribution in [3.05, 3.63) is 76.5 Å². The van der Waals surface area contributed by atoms with Crippen LogP contribution in [0.5, 0.6) is 5.75 Å². The van der Waals surface area contributed by atoms with Gasteiger partial charge >= 0.3 is 0 Å². The van der Waals surface area contributed by atoms with E-state index in [2.05, 4.69) is 11.4 Å². The molecular weight excluding hydrogens is 334 g/mol. The first-order valence-corrected chi connectivity index (χ1v) is 8.73. The van der Waals surface area contributed by atoms with Gasteiger partial charge in [-0.1, -0.05) is 41.9 Å². The second-order valence-corrected chi connectivity index (χ2v) is 6.32. The quantitative estimate of drug-likeness (QED) is 0.588. The average molecular weight is 356 g/mol. The van der Waals surface area contributed by atoms with Crippen LogP contribution in [0.25, 0.3) is 11.3 Å². The second kappa shape index (κ2) is 8.24. The zero-order valence-corrected chi connectivity index (χ0v) is 15.3. The molecule has 3 rings (SSSR count). The SMILES string of the molecule is COc1ccccc1CCNCc1ccc(-c2cccc(Cl)c2C)o1. The van der Waals surface area contributed by atoms with Crippen LogP contribution in [0.3, 0.4) is 0 Å². The van der Waals surface area contributed by atoms with E-state index in [0.717, 1.165) is 46.4 Å². The molecule has 0 fully saturated rings. The summed E-state index contributed by atoms with van der Waals surface area (Å²) in [7, 11) is 1.70. The summed E-state index contributed by atoms with van der Waals surface area (Å²) in [5.41, 5.74) is 3.27. The molecule has 0 radical (unpaired) electrons. The van der Waals surface area contributed by atoms with E-state index in [4.69, 9.17) is 20.8 Å². The van der Waals surface area contributed by atoms with Gasteiger partial charge in [-0.05, 0) is 55.3 Å². The highest BCUT2D eigenvalue weighted by Gasteiger charge is 2.09. The number of rotatable bonds is 7. The molecule has 1 heterocycles. The lowest BCUT2D eigenvalue weighted by Gasteiger charge is -2.08. The van der Waals surface area contributed by atoms with Crippen molar-refractivity contribution in [3.8, 4) is 17.1 Å². The van der Waals surface area contributed by atoms with Gasteiger partial charge in [0, 0.05) is 10.6 Å². The number of hydrogen-bond donors (Lipinski definition) is 1. The molecule has 0 saturated heterocycles. The van der Waals surface area contributed by atoms with Crippen molar-refractivity contribution in [3.63, 3.8) is 0 Å². The highest BCUT2D eigenvalue weighted by molar-refractivity contribution is 6.31. The molecule has 0 amide bonds. The number of halogens is 1. The fourth-order valence-electron chi connectivity index (χ4n) is 2.84. The summed E-state index contributed by atoms with van der Waals surface area (Å²) < 4.78 is 11.3. The third-order valence-electron chi connectivity index (χ3n) is 4.26. The molecule has 0 spiro atoms. The predicted molar refractivity (Wildman–Crippen MR) is 102 cm³/mol. The van der Waals surface area contributed by atoms with Crippen molar-refractivity contribution in [2.45, 2.75) is 19.9 Å². The largest absolute Gasteiger partial charge is 0.496 e. The van der Waals surface area contributed by atoms with Crippen LogP contribution in [-0.4, -0.2) is 13.7 Å². The van der Waals surface area contributed by atoms with Crippen LogP contribution in [0.2, 0.25) is 5.02 Å². The second-order valence-electron chi connectivity index (χ2n) is 5.92. The topological polar surface area (TPSA) is 34.4 Å². The van der Waals surface area contributed by atoms with Gasteiger partial charge in [-0.2, -0.15) is 0 Å². The number of ether oxygens (including phenoxy) is 1. The maximum atomic E-state index is 6.19. The fourth-order valence-corrected chi connectivity index (χ4v) is 3.01. The summed E-state index contributed by atoms with van der Waals surface area (Å²) in [6, 6.07) is 18.0. The fraction of sp³-hybridized carbons (Fsp3) is 0.238. The summed E-state index contributed by atoms with van der Waals surface area (Å²) in [6.45, 7) is 3.55. The Morgan fingerprint density at radius 1 is 1.04 bits per heavy atom. The average Bonchev–Trinajstić information content (AvgIpc) is 3.10. The lowest BCUT2D eigenvalue weighted by molar-refractivity contribution is 0.408. The van der Waals surface area contributed by atoms with Crippen LogP contribution < -0.4 is 10.1 Å². The Balaban J connectivity index is 1.56. The summed E-state index contributed by atoms with van der Waals surface area (Å²) in [4.78, 5) is 0. The first-order valence-electron chi connectivity index (χ1n) is 8.36. The molecule has 130 valence electrons. The normalized spacial score (nSPS) is 10.8. The smallest absolute Gasteiger partial charge is 0.134 e. The lowest BCUT2D eigenvalue weighted by Crippen LogP contribution is -2.16. The molecule has 2 aromatic carbocycles. The van der Waals surface area contributed by atoms with Crippen LogP contribution >= 0.6 is 11.6 Å². The van der Waals surface area contributed by atoms with E-state index >= 15 is 0 Å². The Hall–Kier alpha value is -2.23. The van der Waals surface area contributed by atoms with Crippen LogP contribution in [0.15, 0.2) is 59.0 Å². The first-order chi connectivity index (χ1) is 12.2. The summed E-state index contributed by atoms with van der Waals surface area (Å²) >= 11 is 6.19. The first kappa shape index (κ1) is 17.6. The standard InChI is InChI=1S/C21H22ClNO2/c1-15-18(7-5-8-19(15)22)21-11-10-17(25-21)14-23-13-12-16-6-3-4-9-20(16)24-2/h3-11,23H,12-14H2,1-2H3. The molecule has 0 saturated carbocycles. The number of nitrogens with one attached hydrogen (secondary N) is 1. The van der Waals surface area contributed by atoms with E-state index in [0.29, 0.717) is 6.54 Å². The Labute approximate surface area is 153 Å². The monoisotopic (exact) mass is 355 g/mol. The van der Waals surface area contributed by atoms with Gasteiger partial charge in [0.05, 0.1) is 13.7 Å². The van der Waals surface area contributed by atoms with Gasteiger partial charge in [0.2, 0.25) is 0 Å². The maximum absolute atomic E-state index is 6.19. The molecule has 25 heavy (non-hydrogen) atoms. The van der Waals surface area contributed by atoms with E-state index in [-0.39, 0.29) is 0 Å². The van der Waals surface area contributed by atoms with Gasteiger partial charge in [-0.15, -0.1) is 0 Å². The molecular formula is C21H22ClNO2. The zero-order valence-electron chi connectivity index (χ0n) is 14.5. The van der Waals surface area contributed by atoms with E-state index in [1.54, 1.807) is 7.11 Å². The van der Waals surface area contributed by atoms with Gasteiger partial charge in [-0.25, -0.2) is 0 Å². The van der Waals surface area contributed by atoms with Crippen molar-refractivity contribution in [1.82, 2.24) is 5.32 Å². The Morgan fingerprint density at radius 3 is 2.72 bits per heavy atom. The third kappa shape index (κ3) is 4.25. The number of benzene rings is 2. The molecule has 0 aliphatic heterocycles. The van der Waals surface area contributed by atoms with Crippen LogP contribution in [-0.2, 0) is 13.0 Å². The van der Waals surface area contributed by atoms with Crippen LogP contribution in [0.4, 0.5) is 0 Å². The van der Waals surface area contributed by atoms with Gasteiger partial charge in [0.1, 0.15) is 17.3 Å². The van der Waals surface area contributed by atoms with Gasteiger partial charge in [-0.3, -0.25) is 0 Å². The molecule has 0 bridgehead atoms. The van der Waals surface area contributed by atoms with Crippen molar-refractivity contribution in [2.75, 3.05) is 13.7 Å². The number of furan rings is 1. The van der Waals surface area contributed by atoms with Crippen LogP contribution in [0, 0.1) is 6.92 Å². The van der Waals surface area contributed by atoms with Crippen molar-refractivity contribution in [1.29, 1.82) is 0 Å².